The number of hydrogen-bond donors (Lipinski definition) is 2. The summed E-state index contributed by atoms with van der Waals surface area (Å²) in [6.07, 6.45) is 0. The van der Waals surface area contributed by atoms with Gasteiger partial charge < -0.3 is 4.90 Å². The topological polar surface area (TPSA) is 125 Å². The van der Waals surface area contributed by atoms with Gasteiger partial charge in [-0.25, -0.2) is 9.69 Å². The van der Waals surface area contributed by atoms with Crippen LogP contribution in [-0.2, 0) is 16.1 Å². The molecule has 1 aromatic carbocycles. The first-order chi connectivity index (χ1) is 10.9. The Kier molecular flexibility index (Phi) is 5.60. The van der Waals surface area contributed by atoms with Crippen LogP contribution in [0.3, 0.4) is 0 Å². The molecule has 1 aliphatic heterocycles. The molecule has 23 heavy (non-hydrogen) atoms. The number of hydrogen-bond acceptors (Lipinski definition) is 6. The van der Waals surface area contributed by atoms with Crippen LogP contribution in [0.25, 0.3) is 0 Å². The molecule has 1 aromatic rings. The number of anilines is 1. The van der Waals surface area contributed by atoms with E-state index in [1.165, 1.54) is 29.6 Å². The molecule has 0 aromatic heterocycles. The summed E-state index contributed by atoms with van der Waals surface area (Å²) in [5.41, 5.74) is 2.38. The third kappa shape index (κ3) is 4.01. The lowest BCUT2D eigenvalue weighted by molar-refractivity contribution is -0.384. The van der Waals surface area contributed by atoms with Crippen LogP contribution in [0.1, 0.15) is 10.4 Å². The van der Waals surface area contributed by atoms with Crippen LogP contribution in [-0.4, -0.2) is 57.2 Å². The first-order valence-corrected chi connectivity index (χ1v) is 7.73. The van der Waals surface area contributed by atoms with Gasteiger partial charge in [0.1, 0.15) is 5.69 Å². The molecule has 1 saturated heterocycles. The molecule has 2 rings (SSSR count). The Labute approximate surface area is 134 Å². The fourth-order valence-corrected chi connectivity index (χ4v) is 2.79. The Morgan fingerprint density at radius 1 is 1.39 bits per heavy atom. The maximum Gasteiger partial charge on any atom is 0.293 e. The number of nitro groups is 1. The predicted molar refractivity (Wildman–Crippen MR) is 82.1 cm³/mol. The van der Waals surface area contributed by atoms with Crippen LogP contribution in [0, 0.1) is 10.1 Å². The van der Waals surface area contributed by atoms with Crippen LogP contribution in [0.4, 0.5) is 11.4 Å². The van der Waals surface area contributed by atoms with Crippen LogP contribution in [0.5, 0.6) is 0 Å². The van der Waals surface area contributed by atoms with Gasteiger partial charge in [0.15, 0.2) is 0 Å². The second-order valence-corrected chi connectivity index (χ2v) is 5.72. The zero-order valence-corrected chi connectivity index (χ0v) is 13.1. The number of amides is 1. The van der Waals surface area contributed by atoms with Gasteiger partial charge in [-0.2, -0.15) is 4.31 Å². The lowest BCUT2D eigenvalue weighted by Crippen LogP contribution is -2.47. The second kappa shape index (κ2) is 7.46. The van der Waals surface area contributed by atoms with Gasteiger partial charge in [0.2, 0.25) is 11.3 Å². The number of carbonyl (C=O) groups is 1. The first kappa shape index (κ1) is 17.3. The molecule has 1 amide bonds. The van der Waals surface area contributed by atoms with Crippen molar-refractivity contribution in [2.45, 2.75) is 0 Å². The predicted octanol–water partition coefficient (Wildman–Crippen LogP) is 0.145. The van der Waals surface area contributed by atoms with Crippen molar-refractivity contribution in [1.82, 2.24) is 9.79 Å². The van der Waals surface area contributed by atoms with E-state index in [9.17, 15) is 19.1 Å². The van der Waals surface area contributed by atoms with E-state index in [0.29, 0.717) is 31.9 Å². The summed E-state index contributed by atoms with van der Waals surface area (Å²) in [5.74, 6) is -0.581. The van der Waals surface area contributed by atoms with E-state index in [4.69, 9.17) is 4.55 Å². The monoisotopic (exact) mass is 344 g/mol. The Morgan fingerprint density at radius 3 is 2.57 bits per heavy atom. The van der Waals surface area contributed by atoms with Gasteiger partial charge in [-0.05, 0) is 12.1 Å². The third-order valence-corrected chi connectivity index (χ3v) is 4.24. The number of nitrogens with zero attached hydrogens (tertiary/aromatic N) is 3. The average molecular weight is 344 g/mol. The number of piperazine rings is 1. The summed E-state index contributed by atoms with van der Waals surface area (Å²) < 4.78 is 21.4. The van der Waals surface area contributed by atoms with Crippen molar-refractivity contribution in [3.63, 3.8) is 0 Å². The highest BCUT2D eigenvalue weighted by molar-refractivity contribution is 7.76. The van der Waals surface area contributed by atoms with Gasteiger partial charge in [0.25, 0.3) is 11.6 Å². The van der Waals surface area contributed by atoms with E-state index in [0.717, 1.165) is 0 Å². The maximum absolute atomic E-state index is 11.7. The first-order valence-electron chi connectivity index (χ1n) is 6.66. The lowest BCUT2D eigenvalue weighted by atomic mass is 10.1. The fourth-order valence-electron chi connectivity index (χ4n) is 2.32. The van der Waals surface area contributed by atoms with Crippen LogP contribution in [0.15, 0.2) is 18.2 Å². The molecular formula is C12H16N4O6S. The van der Waals surface area contributed by atoms with Crippen molar-refractivity contribution in [2.24, 2.45) is 0 Å². The SMILES string of the molecule is CONC(=O)c1ccc(N2CCN(S(=O)O)CC2)c([N+](=O)[O-])c1. The zero-order chi connectivity index (χ0) is 17.0. The fraction of sp³-hybridized carbons (Fsp3) is 0.417. The summed E-state index contributed by atoms with van der Waals surface area (Å²) in [5, 5.41) is 11.3. The molecule has 1 unspecified atom stereocenters. The molecule has 2 N–H and O–H groups in total. The number of nitro benzene ring substituents is 1. The number of carbonyl (C=O) groups excluding carboxylic acids is 1. The molecule has 0 bridgehead atoms. The standard InChI is InChI=1S/C12H16N4O6S/c1-22-13-12(17)9-2-3-10(11(8-9)16(18)19)14-4-6-15(7-5-14)23(20)21/h2-3,8H,4-7H2,1H3,(H,13,17)(H,20,21). The van der Waals surface area contributed by atoms with Crippen molar-refractivity contribution in [3.8, 4) is 0 Å². The third-order valence-electron chi connectivity index (χ3n) is 3.43. The van der Waals surface area contributed by atoms with Crippen LogP contribution < -0.4 is 10.4 Å². The molecule has 11 heteroatoms. The normalized spacial score (nSPS) is 16.9. The summed E-state index contributed by atoms with van der Waals surface area (Å²) in [4.78, 5) is 28.7. The Hall–Kier alpha value is -2.08. The van der Waals surface area contributed by atoms with Crippen molar-refractivity contribution in [3.05, 3.63) is 33.9 Å². The Morgan fingerprint density at radius 2 is 2.04 bits per heavy atom. The molecule has 126 valence electrons. The molecule has 1 fully saturated rings. The number of nitrogens with one attached hydrogen (secondary N) is 1. The van der Waals surface area contributed by atoms with Crippen molar-refractivity contribution < 1.29 is 23.3 Å². The van der Waals surface area contributed by atoms with Gasteiger partial charge >= 0.3 is 0 Å². The quantitative estimate of drug-likeness (QED) is 0.442. The second-order valence-electron chi connectivity index (χ2n) is 4.74. The van der Waals surface area contributed by atoms with Crippen LogP contribution >= 0.6 is 0 Å². The highest BCUT2D eigenvalue weighted by Gasteiger charge is 2.26. The minimum absolute atomic E-state index is 0.109. The Balaban J connectivity index is 2.24. The van der Waals surface area contributed by atoms with E-state index in [1.54, 1.807) is 4.90 Å². The lowest BCUT2D eigenvalue weighted by Gasteiger charge is -2.33. The smallest absolute Gasteiger partial charge is 0.293 e. The number of rotatable bonds is 5. The highest BCUT2D eigenvalue weighted by atomic mass is 32.2. The molecule has 10 nitrogen and oxygen atoms in total. The Bertz CT molecular complexity index is 632. The molecular weight excluding hydrogens is 328 g/mol. The summed E-state index contributed by atoms with van der Waals surface area (Å²) in [6, 6.07) is 4.14. The minimum atomic E-state index is -2.04. The molecule has 0 radical (unpaired) electrons. The van der Waals surface area contributed by atoms with Crippen LogP contribution in [0.2, 0.25) is 0 Å². The summed E-state index contributed by atoms with van der Waals surface area (Å²) >= 11 is -2.04. The van der Waals surface area contributed by atoms with Gasteiger partial charge in [-0.3, -0.25) is 24.3 Å². The van der Waals surface area contributed by atoms with Gasteiger partial charge in [-0.15, -0.1) is 0 Å². The van der Waals surface area contributed by atoms with Gasteiger partial charge in [0.05, 0.1) is 12.0 Å². The zero-order valence-electron chi connectivity index (χ0n) is 12.3. The molecule has 0 spiro atoms. The van der Waals surface area contributed by atoms with E-state index < -0.39 is 22.1 Å². The van der Waals surface area contributed by atoms with E-state index >= 15 is 0 Å². The molecule has 0 aliphatic carbocycles. The van der Waals surface area contributed by atoms with Gasteiger partial charge in [-0.1, -0.05) is 0 Å². The molecule has 0 saturated carbocycles. The van der Waals surface area contributed by atoms with Gasteiger partial charge in [0, 0.05) is 37.8 Å². The van der Waals surface area contributed by atoms with Crippen molar-refractivity contribution in [2.75, 3.05) is 38.2 Å². The highest BCUT2D eigenvalue weighted by Crippen LogP contribution is 2.30. The minimum Gasteiger partial charge on any atom is -0.363 e. The summed E-state index contributed by atoms with van der Waals surface area (Å²) in [7, 11) is 1.27. The number of hydroxylamine groups is 1. The number of benzene rings is 1. The maximum atomic E-state index is 11.7. The van der Waals surface area contributed by atoms with E-state index in [-0.39, 0.29) is 11.3 Å². The molecule has 1 aliphatic rings. The summed E-state index contributed by atoms with van der Waals surface area (Å²) in [6.45, 7) is 1.37. The van der Waals surface area contributed by atoms with Crippen molar-refractivity contribution >= 4 is 28.5 Å². The van der Waals surface area contributed by atoms with E-state index in [1.807, 2.05) is 0 Å². The largest absolute Gasteiger partial charge is 0.363 e. The molecule has 1 heterocycles. The average Bonchev–Trinajstić information content (AvgIpc) is 2.54. The molecule has 1 atom stereocenters. The van der Waals surface area contributed by atoms with Crippen molar-refractivity contribution in [1.29, 1.82) is 0 Å². The van der Waals surface area contributed by atoms with E-state index in [2.05, 4.69) is 10.3 Å².